The minimum atomic E-state index is -3.58. The molecule has 2 atom stereocenters. The Morgan fingerprint density at radius 3 is 2.22 bits per heavy atom. The van der Waals surface area contributed by atoms with Crippen LogP contribution in [0.3, 0.4) is 0 Å². The van der Waals surface area contributed by atoms with E-state index in [9.17, 15) is 8.42 Å². The zero-order valence-electron chi connectivity index (χ0n) is 24.5. The molecule has 3 aromatic rings. The molecule has 0 radical (unpaired) electrons. The summed E-state index contributed by atoms with van der Waals surface area (Å²) in [6, 6.07) is 13.2. The third kappa shape index (κ3) is 7.64. The highest BCUT2D eigenvalue weighted by Gasteiger charge is 2.27. The number of nitrogens with zero attached hydrogens (tertiary/aromatic N) is 4. The van der Waals surface area contributed by atoms with Crippen LogP contribution in [0.15, 0.2) is 47.4 Å². The lowest BCUT2D eigenvalue weighted by atomic mass is 9.82. The summed E-state index contributed by atoms with van der Waals surface area (Å²) in [5.41, 5.74) is 0. The molecular formula is C30H43N7O3S. The first-order valence-corrected chi connectivity index (χ1v) is 16.3. The van der Waals surface area contributed by atoms with Crippen molar-refractivity contribution in [1.82, 2.24) is 19.7 Å². The maximum atomic E-state index is 13.1. The third-order valence-corrected chi connectivity index (χ3v) is 9.34. The molecule has 0 unspecified atom stereocenters. The Morgan fingerprint density at radius 1 is 0.878 bits per heavy atom. The van der Waals surface area contributed by atoms with E-state index in [1.165, 1.54) is 0 Å². The Bertz CT molecular complexity index is 1410. The lowest BCUT2D eigenvalue weighted by molar-refractivity contribution is -0.00572. The van der Waals surface area contributed by atoms with Gasteiger partial charge in [-0.25, -0.2) is 13.1 Å². The molecular weight excluding hydrogens is 538 g/mol. The summed E-state index contributed by atoms with van der Waals surface area (Å²) >= 11 is 0. The van der Waals surface area contributed by atoms with Crippen molar-refractivity contribution in [2.75, 3.05) is 41.7 Å². The zero-order valence-corrected chi connectivity index (χ0v) is 25.3. The summed E-state index contributed by atoms with van der Waals surface area (Å²) in [7, 11) is -3.58. The van der Waals surface area contributed by atoms with Gasteiger partial charge in [-0.3, -0.25) is 0 Å². The molecule has 2 aromatic carbocycles. The smallest absolute Gasteiger partial charge is 0.241 e. The van der Waals surface area contributed by atoms with E-state index in [0.29, 0.717) is 41.1 Å². The Hall–Kier alpha value is -3.02. The molecule has 1 saturated heterocycles. The van der Waals surface area contributed by atoms with Crippen LogP contribution in [-0.2, 0) is 14.8 Å². The van der Waals surface area contributed by atoms with Gasteiger partial charge < -0.3 is 20.3 Å². The van der Waals surface area contributed by atoms with Crippen molar-refractivity contribution in [3.05, 3.63) is 42.5 Å². The maximum Gasteiger partial charge on any atom is 0.241 e. The van der Waals surface area contributed by atoms with Crippen LogP contribution in [-0.4, -0.2) is 67.8 Å². The highest BCUT2D eigenvalue weighted by Crippen LogP contribution is 2.30. The number of hydrogen-bond acceptors (Lipinski definition) is 9. The predicted molar refractivity (Wildman–Crippen MR) is 164 cm³/mol. The Balaban J connectivity index is 1.15. The number of benzene rings is 2. The standard InChI is InChI=1S/C30H43N7O3S/c1-20(2)33-29-34-28(35-30(36-29)37-18-21(3)40-22(4)19-37)31-16-23-12-14-24(15-13-23)17-32-41(38,39)27-11-7-9-25-8-5-6-10-26(25)27/h5-11,20-24,32H,12-19H2,1-4H3,(H2,31,33,34,35,36)/t21-,22-,23?,24?/m0/s1. The number of nitrogens with one attached hydrogen (secondary N) is 3. The van der Waals surface area contributed by atoms with Gasteiger partial charge in [0.05, 0.1) is 17.1 Å². The van der Waals surface area contributed by atoms with Crippen LogP contribution in [0.1, 0.15) is 53.4 Å². The van der Waals surface area contributed by atoms with Gasteiger partial charge in [-0.05, 0) is 76.7 Å². The van der Waals surface area contributed by atoms with Crippen LogP contribution in [0.25, 0.3) is 10.8 Å². The molecule has 2 heterocycles. The third-order valence-electron chi connectivity index (χ3n) is 7.86. The van der Waals surface area contributed by atoms with Gasteiger partial charge >= 0.3 is 0 Å². The van der Waals surface area contributed by atoms with Crippen molar-refractivity contribution in [2.24, 2.45) is 11.8 Å². The van der Waals surface area contributed by atoms with E-state index in [-0.39, 0.29) is 18.2 Å². The minimum absolute atomic E-state index is 0.111. The van der Waals surface area contributed by atoms with Crippen LogP contribution in [0, 0.1) is 11.8 Å². The molecule has 1 aliphatic heterocycles. The van der Waals surface area contributed by atoms with Gasteiger partial charge in [0.2, 0.25) is 27.9 Å². The van der Waals surface area contributed by atoms with Crippen LogP contribution in [0.2, 0.25) is 0 Å². The first-order valence-electron chi connectivity index (χ1n) is 14.8. The highest BCUT2D eigenvalue weighted by atomic mass is 32.2. The Labute approximate surface area is 243 Å². The fourth-order valence-corrected chi connectivity index (χ4v) is 7.20. The number of anilines is 3. The lowest BCUT2D eigenvalue weighted by Crippen LogP contribution is -2.46. The molecule has 0 spiro atoms. The number of hydrogen-bond donors (Lipinski definition) is 3. The predicted octanol–water partition coefficient (Wildman–Crippen LogP) is 4.66. The second kappa shape index (κ2) is 12.9. The molecule has 222 valence electrons. The summed E-state index contributed by atoms with van der Waals surface area (Å²) in [5.74, 6) is 2.62. The van der Waals surface area contributed by atoms with Gasteiger partial charge in [-0.2, -0.15) is 15.0 Å². The van der Waals surface area contributed by atoms with E-state index in [2.05, 4.69) is 52.9 Å². The monoisotopic (exact) mass is 581 g/mol. The normalized spacial score (nSPS) is 23.6. The molecule has 3 N–H and O–H groups in total. The van der Waals surface area contributed by atoms with Gasteiger partial charge in [0.15, 0.2) is 0 Å². The van der Waals surface area contributed by atoms with Gasteiger partial charge in [-0.1, -0.05) is 36.4 Å². The number of morpholine rings is 1. The number of rotatable bonds is 10. The van der Waals surface area contributed by atoms with Crippen LogP contribution in [0.5, 0.6) is 0 Å². The molecule has 5 rings (SSSR count). The molecule has 2 aliphatic rings. The van der Waals surface area contributed by atoms with E-state index in [1.807, 2.05) is 30.3 Å². The summed E-state index contributed by atoms with van der Waals surface area (Å²) in [6.45, 7) is 11.0. The van der Waals surface area contributed by atoms with Crippen LogP contribution < -0.4 is 20.3 Å². The first-order chi connectivity index (χ1) is 19.7. The minimum Gasteiger partial charge on any atom is -0.372 e. The van der Waals surface area contributed by atoms with E-state index in [4.69, 9.17) is 14.7 Å². The molecule has 41 heavy (non-hydrogen) atoms. The number of aromatic nitrogens is 3. The SMILES string of the molecule is CC(C)Nc1nc(NCC2CCC(CNS(=O)(=O)c3cccc4ccccc34)CC2)nc(N2C[C@H](C)O[C@@H](C)C2)n1. The molecule has 1 aliphatic carbocycles. The van der Waals surface area contributed by atoms with Crippen molar-refractivity contribution >= 4 is 38.6 Å². The Kier molecular flexibility index (Phi) is 9.25. The number of ether oxygens (including phenoxy) is 1. The van der Waals surface area contributed by atoms with Crippen molar-refractivity contribution < 1.29 is 13.2 Å². The van der Waals surface area contributed by atoms with Gasteiger partial charge in [0.1, 0.15) is 0 Å². The van der Waals surface area contributed by atoms with Gasteiger partial charge in [-0.15, -0.1) is 0 Å². The quantitative estimate of drug-likeness (QED) is 0.314. The second-order valence-electron chi connectivity index (χ2n) is 11.8. The van der Waals surface area contributed by atoms with Gasteiger partial charge in [0.25, 0.3) is 0 Å². The molecule has 0 amide bonds. The molecule has 11 heteroatoms. The maximum absolute atomic E-state index is 13.1. The summed E-state index contributed by atoms with van der Waals surface area (Å²) in [6.07, 6.45) is 4.25. The van der Waals surface area contributed by atoms with Crippen molar-refractivity contribution in [3.8, 4) is 0 Å². The van der Waals surface area contributed by atoms with Gasteiger partial charge in [0, 0.05) is 37.6 Å². The van der Waals surface area contributed by atoms with E-state index >= 15 is 0 Å². The van der Waals surface area contributed by atoms with Crippen LogP contribution in [0.4, 0.5) is 17.8 Å². The second-order valence-corrected chi connectivity index (χ2v) is 13.6. The van der Waals surface area contributed by atoms with Crippen molar-refractivity contribution in [1.29, 1.82) is 0 Å². The first kappa shape index (κ1) is 29.5. The van der Waals surface area contributed by atoms with E-state index in [0.717, 1.165) is 56.1 Å². The molecule has 2 fully saturated rings. The fraction of sp³-hybridized carbons (Fsp3) is 0.567. The summed E-state index contributed by atoms with van der Waals surface area (Å²) in [4.78, 5) is 16.6. The van der Waals surface area contributed by atoms with Crippen molar-refractivity contribution in [2.45, 2.75) is 76.5 Å². The molecule has 10 nitrogen and oxygen atoms in total. The number of fused-ring (bicyclic) bond motifs is 1. The average molecular weight is 582 g/mol. The average Bonchev–Trinajstić information content (AvgIpc) is 2.94. The summed E-state index contributed by atoms with van der Waals surface area (Å²) < 4.78 is 35.0. The molecule has 1 saturated carbocycles. The lowest BCUT2D eigenvalue weighted by Gasteiger charge is -2.35. The number of sulfonamides is 1. The fourth-order valence-electron chi connectivity index (χ4n) is 5.86. The summed E-state index contributed by atoms with van der Waals surface area (Å²) in [5, 5.41) is 8.47. The van der Waals surface area contributed by atoms with Crippen molar-refractivity contribution in [3.63, 3.8) is 0 Å². The topological polar surface area (TPSA) is 121 Å². The molecule has 0 bridgehead atoms. The van der Waals surface area contributed by atoms with E-state index in [1.54, 1.807) is 12.1 Å². The largest absolute Gasteiger partial charge is 0.372 e. The van der Waals surface area contributed by atoms with E-state index < -0.39 is 10.0 Å². The Morgan fingerprint density at radius 2 is 1.51 bits per heavy atom. The zero-order chi connectivity index (χ0) is 29.0. The van der Waals surface area contributed by atoms with Crippen LogP contribution >= 0.6 is 0 Å². The molecule has 1 aromatic heterocycles. The highest BCUT2D eigenvalue weighted by molar-refractivity contribution is 7.89.